The Morgan fingerprint density at radius 1 is 1.08 bits per heavy atom. The number of hydrogen-bond acceptors (Lipinski definition) is 2. The summed E-state index contributed by atoms with van der Waals surface area (Å²) in [7, 11) is 1.78. The topological polar surface area (TPSA) is 50.6 Å². The van der Waals surface area contributed by atoms with Gasteiger partial charge < -0.3 is 19.9 Å². The fraction of sp³-hybridized carbons (Fsp3) is 0.421. The molecule has 0 aliphatic carbocycles. The van der Waals surface area contributed by atoms with E-state index in [1.165, 1.54) is 0 Å². The predicted molar refractivity (Wildman–Crippen MR) is 115 cm³/mol. The molecule has 1 aromatic heterocycles. The van der Waals surface area contributed by atoms with Gasteiger partial charge in [-0.05, 0) is 39.0 Å². The third-order valence-corrected chi connectivity index (χ3v) is 3.39. The summed E-state index contributed by atoms with van der Waals surface area (Å²) >= 11 is 0. The van der Waals surface area contributed by atoms with Gasteiger partial charge in [0.15, 0.2) is 5.96 Å². The Bertz CT molecular complexity index is 648. The molecular weight excluding hydrogens is 427 g/mol. The summed E-state index contributed by atoms with van der Waals surface area (Å²) < 4.78 is 8.16. The van der Waals surface area contributed by atoms with Gasteiger partial charge in [-0.15, -0.1) is 24.0 Å². The van der Waals surface area contributed by atoms with Gasteiger partial charge in [-0.2, -0.15) is 0 Å². The number of hydrogen-bond donors (Lipinski definition) is 2. The van der Waals surface area contributed by atoms with Crippen LogP contribution in [0.3, 0.4) is 0 Å². The Morgan fingerprint density at radius 2 is 1.76 bits per heavy atom. The van der Waals surface area contributed by atoms with Gasteiger partial charge in [-0.3, -0.25) is 4.99 Å². The average Bonchev–Trinajstić information content (AvgIpc) is 3.04. The van der Waals surface area contributed by atoms with Crippen molar-refractivity contribution in [1.82, 2.24) is 15.2 Å². The van der Waals surface area contributed by atoms with E-state index in [1.807, 2.05) is 30.3 Å². The van der Waals surface area contributed by atoms with Gasteiger partial charge in [0, 0.05) is 44.6 Å². The Balaban J connectivity index is 0.00000312. The van der Waals surface area contributed by atoms with Gasteiger partial charge in [-0.1, -0.05) is 18.2 Å². The summed E-state index contributed by atoms with van der Waals surface area (Å²) in [5.41, 5.74) is 0.896. The van der Waals surface area contributed by atoms with Crippen molar-refractivity contribution in [3.05, 3.63) is 54.4 Å². The molecule has 0 unspecified atom stereocenters. The predicted octanol–water partition coefficient (Wildman–Crippen LogP) is 3.65. The monoisotopic (exact) mass is 456 g/mol. The van der Waals surface area contributed by atoms with Gasteiger partial charge in [0.1, 0.15) is 11.4 Å². The van der Waals surface area contributed by atoms with E-state index in [0.29, 0.717) is 6.54 Å². The first kappa shape index (κ1) is 21.3. The number of aliphatic imine (C=N–C) groups is 1. The lowest BCUT2D eigenvalue weighted by Crippen LogP contribution is -2.38. The van der Waals surface area contributed by atoms with Crippen LogP contribution in [0, 0.1) is 0 Å². The summed E-state index contributed by atoms with van der Waals surface area (Å²) in [5, 5.41) is 6.66. The zero-order valence-electron chi connectivity index (χ0n) is 15.5. The average molecular weight is 456 g/mol. The second-order valence-electron chi connectivity index (χ2n) is 6.60. The highest BCUT2D eigenvalue weighted by Gasteiger charge is 2.14. The molecule has 0 bridgehead atoms. The van der Waals surface area contributed by atoms with Crippen LogP contribution in [0.2, 0.25) is 0 Å². The van der Waals surface area contributed by atoms with E-state index in [2.05, 4.69) is 59.4 Å². The van der Waals surface area contributed by atoms with Crippen LogP contribution < -0.4 is 15.4 Å². The first-order valence-corrected chi connectivity index (χ1v) is 8.30. The van der Waals surface area contributed by atoms with Crippen LogP contribution in [0.25, 0.3) is 0 Å². The second-order valence-corrected chi connectivity index (χ2v) is 6.60. The molecule has 0 spiro atoms. The Labute approximate surface area is 167 Å². The highest BCUT2D eigenvalue weighted by atomic mass is 127. The number of benzene rings is 1. The van der Waals surface area contributed by atoms with E-state index in [9.17, 15) is 0 Å². The maximum Gasteiger partial charge on any atom is 0.191 e. The van der Waals surface area contributed by atoms with Crippen LogP contribution >= 0.6 is 24.0 Å². The minimum absolute atomic E-state index is 0. The van der Waals surface area contributed by atoms with Crippen LogP contribution in [-0.4, -0.2) is 29.7 Å². The first-order chi connectivity index (χ1) is 11.5. The molecule has 0 radical (unpaired) electrons. The van der Waals surface area contributed by atoms with E-state index in [-0.39, 0.29) is 29.6 Å². The lowest BCUT2D eigenvalue weighted by atomic mass is 10.1. The minimum atomic E-state index is -0.215. The lowest BCUT2D eigenvalue weighted by Gasteiger charge is -2.23. The molecule has 0 aliphatic rings. The van der Waals surface area contributed by atoms with Gasteiger partial charge in [-0.25, -0.2) is 0 Å². The molecule has 6 heteroatoms. The van der Waals surface area contributed by atoms with Crippen LogP contribution in [-0.2, 0) is 13.1 Å². The molecule has 0 fully saturated rings. The highest BCUT2D eigenvalue weighted by Crippen LogP contribution is 2.22. The summed E-state index contributed by atoms with van der Waals surface area (Å²) in [6, 6.07) is 12.1. The minimum Gasteiger partial charge on any atom is -0.488 e. The summed E-state index contributed by atoms with van der Waals surface area (Å²) in [4.78, 5) is 4.27. The molecule has 0 saturated heterocycles. The van der Waals surface area contributed by atoms with Crippen molar-refractivity contribution in [2.45, 2.75) is 39.5 Å². The quantitative estimate of drug-likeness (QED) is 0.397. The SMILES string of the molecule is CN=C(NCCn1cccc1)NCc1ccccc1OC(C)(C)C.I. The van der Waals surface area contributed by atoms with Crippen molar-refractivity contribution in [2.75, 3.05) is 13.6 Å². The fourth-order valence-electron chi connectivity index (χ4n) is 2.30. The first-order valence-electron chi connectivity index (χ1n) is 8.30. The number of halogens is 1. The molecule has 0 aliphatic heterocycles. The molecule has 0 atom stereocenters. The molecule has 2 aromatic rings. The summed E-state index contributed by atoms with van der Waals surface area (Å²) in [6.07, 6.45) is 4.11. The fourth-order valence-corrected chi connectivity index (χ4v) is 2.30. The molecule has 138 valence electrons. The van der Waals surface area contributed by atoms with Crippen molar-refractivity contribution in [3.8, 4) is 5.75 Å². The largest absolute Gasteiger partial charge is 0.488 e. The van der Waals surface area contributed by atoms with E-state index >= 15 is 0 Å². The maximum absolute atomic E-state index is 6.03. The molecule has 1 aromatic carbocycles. The summed E-state index contributed by atoms with van der Waals surface area (Å²) in [6.45, 7) is 8.54. The zero-order chi connectivity index (χ0) is 17.4. The number of aromatic nitrogens is 1. The van der Waals surface area contributed by atoms with Gasteiger partial charge in [0.25, 0.3) is 0 Å². The molecule has 2 rings (SSSR count). The zero-order valence-corrected chi connectivity index (χ0v) is 17.8. The highest BCUT2D eigenvalue weighted by molar-refractivity contribution is 14.0. The van der Waals surface area contributed by atoms with E-state index in [4.69, 9.17) is 4.74 Å². The molecule has 25 heavy (non-hydrogen) atoms. The van der Waals surface area contributed by atoms with E-state index < -0.39 is 0 Å². The molecule has 5 nitrogen and oxygen atoms in total. The van der Waals surface area contributed by atoms with Crippen LogP contribution in [0.4, 0.5) is 0 Å². The number of nitrogens with zero attached hydrogens (tertiary/aromatic N) is 2. The number of para-hydroxylation sites is 1. The van der Waals surface area contributed by atoms with E-state index in [1.54, 1.807) is 7.05 Å². The third kappa shape index (κ3) is 7.81. The van der Waals surface area contributed by atoms with E-state index in [0.717, 1.165) is 30.4 Å². The second kappa shape index (κ2) is 10.3. The van der Waals surface area contributed by atoms with Crippen molar-refractivity contribution in [1.29, 1.82) is 0 Å². The Kier molecular flexibility index (Phi) is 8.82. The van der Waals surface area contributed by atoms with Gasteiger partial charge in [0.05, 0.1) is 0 Å². The molecule has 2 N–H and O–H groups in total. The van der Waals surface area contributed by atoms with Crippen molar-refractivity contribution >= 4 is 29.9 Å². The number of rotatable bonds is 6. The number of ether oxygens (including phenoxy) is 1. The molecule has 0 amide bonds. The maximum atomic E-state index is 6.03. The number of guanidine groups is 1. The Morgan fingerprint density at radius 3 is 2.40 bits per heavy atom. The van der Waals surface area contributed by atoms with Gasteiger partial charge in [0.2, 0.25) is 0 Å². The van der Waals surface area contributed by atoms with Crippen molar-refractivity contribution in [3.63, 3.8) is 0 Å². The summed E-state index contributed by atoms with van der Waals surface area (Å²) in [5.74, 6) is 1.69. The Hall–Kier alpha value is -1.70. The molecular formula is C19H29IN4O. The normalized spacial score (nSPS) is 11.6. The molecule has 0 saturated carbocycles. The van der Waals surface area contributed by atoms with Crippen LogP contribution in [0.1, 0.15) is 26.3 Å². The van der Waals surface area contributed by atoms with Crippen molar-refractivity contribution < 1.29 is 4.74 Å². The van der Waals surface area contributed by atoms with Gasteiger partial charge >= 0.3 is 0 Å². The lowest BCUT2D eigenvalue weighted by molar-refractivity contribution is 0.129. The number of nitrogens with one attached hydrogen (secondary N) is 2. The van der Waals surface area contributed by atoms with Crippen LogP contribution in [0.15, 0.2) is 53.8 Å². The third-order valence-electron chi connectivity index (χ3n) is 3.39. The van der Waals surface area contributed by atoms with Crippen molar-refractivity contribution in [2.24, 2.45) is 4.99 Å². The van der Waals surface area contributed by atoms with Crippen LogP contribution in [0.5, 0.6) is 5.75 Å². The molecule has 1 heterocycles. The smallest absolute Gasteiger partial charge is 0.191 e. The standard InChI is InChI=1S/C19H28N4O.HI/c1-19(2,3)24-17-10-6-5-9-16(17)15-22-18(20-4)21-11-14-23-12-7-8-13-23;/h5-10,12-13H,11,14-15H2,1-4H3,(H2,20,21,22);1H.